The number of aryl methyl sites for hydroxylation is 1. The van der Waals surface area contributed by atoms with Gasteiger partial charge >= 0.3 is 0 Å². The molecule has 0 aliphatic heterocycles. The summed E-state index contributed by atoms with van der Waals surface area (Å²) in [6.07, 6.45) is 0. The van der Waals surface area contributed by atoms with E-state index in [0.29, 0.717) is 28.1 Å². The average Bonchev–Trinajstić information content (AvgIpc) is 2.85. The number of nitrogen functional groups attached to an aromatic ring is 1. The van der Waals surface area contributed by atoms with Gasteiger partial charge in [-0.25, -0.2) is 0 Å². The molecule has 0 amide bonds. The van der Waals surface area contributed by atoms with Crippen molar-refractivity contribution in [1.29, 1.82) is 15.8 Å². The number of nitrogens with one attached hydrogen (secondary N) is 1. The average molecular weight is 443 g/mol. The molecule has 1 aromatic heterocycles. The molecule has 0 saturated heterocycles. The highest BCUT2D eigenvalue weighted by Crippen LogP contribution is 2.31. The summed E-state index contributed by atoms with van der Waals surface area (Å²) in [7, 11) is 0. The molecule has 162 valence electrons. The quantitative estimate of drug-likeness (QED) is 0.429. The highest BCUT2D eigenvalue weighted by molar-refractivity contribution is 5.69. The molecule has 0 aliphatic rings. The molecule has 4 rings (SSSR count). The first-order chi connectivity index (χ1) is 16.5. The van der Waals surface area contributed by atoms with E-state index in [1.807, 2.05) is 25.1 Å². The fraction of sp³-hybridized carbons (Fsp3) is 0.0385. The molecule has 0 radical (unpaired) electrons. The second-order valence-corrected chi connectivity index (χ2v) is 7.34. The minimum absolute atomic E-state index is 0.233. The van der Waals surface area contributed by atoms with Crippen LogP contribution in [0.4, 0.5) is 17.5 Å². The third-order valence-electron chi connectivity index (χ3n) is 4.98. The fourth-order valence-electron chi connectivity index (χ4n) is 3.28. The molecule has 1 heterocycles. The van der Waals surface area contributed by atoms with E-state index in [-0.39, 0.29) is 17.6 Å². The maximum atomic E-state index is 9.28. The molecule has 0 saturated carbocycles. The van der Waals surface area contributed by atoms with Crippen LogP contribution in [0.2, 0.25) is 0 Å². The highest BCUT2D eigenvalue weighted by atomic mass is 16.5. The Balaban J connectivity index is 1.57. The number of hydrogen-bond donors (Lipinski definition) is 2. The monoisotopic (exact) mass is 443 g/mol. The lowest BCUT2D eigenvalue weighted by molar-refractivity contribution is 0.459. The summed E-state index contributed by atoms with van der Waals surface area (Å²) in [5.74, 6) is 1.34. The summed E-state index contributed by atoms with van der Waals surface area (Å²) >= 11 is 0. The summed E-state index contributed by atoms with van der Waals surface area (Å²) < 4.78 is 5.97. The molecular formula is C26H17N7O. The summed E-state index contributed by atoms with van der Waals surface area (Å²) in [6.45, 7) is 1.90. The van der Waals surface area contributed by atoms with Gasteiger partial charge in [-0.15, -0.1) is 0 Å². The second kappa shape index (κ2) is 9.40. The fourth-order valence-corrected chi connectivity index (χ4v) is 3.28. The van der Waals surface area contributed by atoms with Gasteiger partial charge in [-0.05, 0) is 72.1 Å². The van der Waals surface area contributed by atoms with E-state index in [0.717, 1.165) is 16.7 Å². The van der Waals surface area contributed by atoms with Crippen LogP contribution in [-0.4, -0.2) is 9.97 Å². The Kier molecular flexibility index (Phi) is 6.03. The van der Waals surface area contributed by atoms with Gasteiger partial charge in [0.1, 0.15) is 23.7 Å². The van der Waals surface area contributed by atoms with Gasteiger partial charge in [0.15, 0.2) is 0 Å². The van der Waals surface area contributed by atoms with E-state index in [1.54, 1.807) is 48.5 Å². The predicted molar refractivity (Wildman–Crippen MR) is 127 cm³/mol. The van der Waals surface area contributed by atoms with Crippen molar-refractivity contribution in [1.82, 2.24) is 9.97 Å². The SMILES string of the molecule is Cc1cc(-c2ccc(C#N)c(C#N)c2)ccc1Oc1cc(N)nc(Nc2ccc(C#N)cc2)n1. The molecule has 0 fully saturated rings. The van der Waals surface area contributed by atoms with Gasteiger partial charge in [0.25, 0.3) is 0 Å². The number of nitrogens with two attached hydrogens (primary N) is 1. The van der Waals surface area contributed by atoms with Crippen molar-refractivity contribution in [2.45, 2.75) is 6.92 Å². The first-order valence-corrected chi connectivity index (χ1v) is 10.1. The molecular weight excluding hydrogens is 426 g/mol. The first kappa shape index (κ1) is 21.8. The van der Waals surface area contributed by atoms with Crippen molar-refractivity contribution in [2.75, 3.05) is 11.1 Å². The number of nitriles is 3. The van der Waals surface area contributed by atoms with Gasteiger partial charge < -0.3 is 15.8 Å². The molecule has 4 aromatic rings. The standard InChI is InChI=1S/C26H17N7O/c1-16-10-18(19-4-5-20(14-28)21(11-19)15-29)6-9-23(16)34-25-12-24(30)32-26(33-25)31-22-7-2-17(13-27)3-8-22/h2-12H,1H3,(H3,30,31,32,33). The number of benzene rings is 3. The summed E-state index contributed by atoms with van der Waals surface area (Å²) in [4.78, 5) is 8.56. The second-order valence-electron chi connectivity index (χ2n) is 7.34. The van der Waals surface area contributed by atoms with Crippen LogP contribution in [0.25, 0.3) is 11.1 Å². The van der Waals surface area contributed by atoms with Crippen molar-refractivity contribution in [3.8, 4) is 41.0 Å². The zero-order chi connectivity index (χ0) is 24.1. The van der Waals surface area contributed by atoms with Crippen LogP contribution >= 0.6 is 0 Å². The van der Waals surface area contributed by atoms with Crippen LogP contribution in [0.1, 0.15) is 22.3 Å². The first-order valence-electron chi connectivity index (χ1n) is 10.1. The van der Waals surface area contributed by atoms with E-state index in [2.05, 4.69) is 27.4 Å². The van der Waals surface area contributed by atoms with Crippen molar-refractivity contribution >= 4 is 17.5 Å². The topological polar surface area (TPSA) is 144 Å². The lowest BCUT2D eigenvalue weighted by atomic mass is 9.99. The van der Waals surface area contributed by atoms with Gasteiger partial charge in [0.05, 0.1) is 22.8 Å². The van der Waals surface area contributed by atoms with E-state index >= 15 is 0 Å². The van der Waals surface area contributed by atoms with Crippen molar-refractivity contribution < 1.29 is 4.74 Å². The third-order valence-corrected chi connectivity index (χ3v) is 4.98. The van der Waals surface area contributed by atoms with Crippen LogP contribution < -0.4 is 15.8 Å². The van der Waals surface area contributed by atoms with Crippen LogP contribution in [-0.2, 0) is 0 Å². The normalized spacial score (nSPS) is 9.94. The molecule has 0 aliphatic carbocycles. The number of nitrogens with zero attached hydrogens (tertiary/aromatic N) is 5. The third kappa shape index (κ3) is 4.75. The number of hydrogen-bond acceptors (Lipinski definition) is 8. The summed E-state index contributed by atoms with van der Waals surface area (Å²) in [5.41, 5.74) is 10.4. The Labute approximate surface area is 196 Å². The summed E-state index contributed by atoms with van der Waals surface area (Å²) in [6, 6.07) is 25.3. The molecule has 3 N–H and O–H groups in total. The molecule has 0 atom stereocenters. The summed E-state index contributed by atoms with van der Waals surface area (Å²) in [5, 5.41) is 30.4. The molecule has 0 bridgehead atoms. The Morgan fingerprint density at radius 3 is 2.18 bits per heavy atom. The van der Waals surface area contributed by atoms with E-state index in [4.69, 9.17) is 21.0 Å². The van der Waals surface area contributed by atoms with Crippen molar-refractivity contribution in [2.24, 2.45) is 0 Å². The van der Waals surface area contributed by atoms with Gasteiger partial charge in [0.2, 0.25) is 11.8 Å². The van der Waals surface area contributed by atoms with Crippen LogP contribution in [0.3, 0.4) is 0 Å². The molecule has 8 heteroatoms. The number of aromatic nitrogens is 2. The lowest BCUT2D eigenvalue weighted by Crippen LogP contribution is -2.02. The van der Waals surface area contributed by atoms with E-state index in [1.165, 1.54) is 6.07 Å². The molecule has 0 spiro atoms. The van der Waals surface area contributed by atoms with Crippen LogP contribution in [0.15, 0.2) is 66.7 Å². The van der Waals surface area contributed by atoms with E-state index in [9.17, 15) is 5.26 Å². The van der Waals surface area contributed by atoms with Crippen LogP contribution in [0.5, 0.6) is 11.6 Å². The van der Waals surface area contributed by atoms with Gasteiger partial charge in [-0.2, -0.15) is 25.8 Å². The minimum Gasteiger partial charge on any atom is -0.439 e. The molecule has 0 unspecified atom stereocenters. The van der Waals surface area contributed by atoms with Crippen LogP contribution in [0, 0.1) is 40.9 Å². The van der Waals surface area contributed by atoms with Gasteiger partial charge in [0, 0.05) is 11.8 Å². The number of anilines is 3. The van der Waals surface area contributed by atoms with Gasteiger partial charge in [-0.3, -0.25) is 0 Å². The van der Waals surface area contributed by atoms with Gasteiger partial charge in [-0.1, -0.05) is 12.1 Å². The maximum Gasteiger partial charge on any atom is 0.232 e. The minimum atomic E-state index is 0.233. The Bertz CT molecular complexity index is 1510. The Morgan fingerprint density at radius 1 is 0.794 bits per heavy atom. The lowest BCUT2D eigenvalue weighted by Gasteiger charge is -2.12. The zero-order valence-corrected chi connectivity index (χ0v) is 18.1. The number of rotatable bonds is 5. The smallest absolute Gasteiger partial charge is 0.232 e. The highest BCUT2D eigenvalue weighted by Gasteiger charge is 2.10. The van der Waals surface area contributed by atoms with E-state index < -0.39 is 0 Å². The number of ether oxygens (including phenoxy) is 1. The molecule has 8 nitrogen and oxygen atoms in total. The molecule has 34 heavy (non-hydrogen) atoms. The Hall–Kier alpha value is -5.39. The molecule has 3 aromatic carbocycles. The van der Waals surface area contributed by atoms with Crippen molar-refractivity contribution in [3.63, 3.8) is 0 Å². The zero-order valence-electron chi connectivity index (χ0n) is 18.1. The predicted octanol–water partition coefficient (Wildman–Crippen LogP) is 5.19. The largest absolute Gasteiger partial charge is 0.439 e. The van der Waals surface area contributed by atoms with Crippen molar-refractivity contribution in [3.05, 3.63) is 89.0 Å². The maximum absolute atomic E-state index is 9.28. The Morgan fingerprint density at radius 2 is 1.50 bits per heavy atom.